The molecule has 0 fully saturated rings. The molecule has 0 unspecified atom stereocenters. The molecule has 9 nitrogen and oxygen atoms in total. The van der Waals surface area contributed by atoms with Gasteiger partial charge in [0.25, 0.3) is 0 Å². The van der Waals surface area contributed by atoms with E-state index in [9.17, 15) is 14.4 Å². The van der Waals surface area contributed by atoms with Crippen LogP contribution in [0.1, 0.15) is 69.1 Å². The number of unbranched alkanes of at least 4 members (excludes halogenated alkanes) is 3. The highest BCUT2D eigenvalue weighted by Crippen LogP contribution is 2.35. The Hall–Kier alpha value is -4.18. The van der Waals surface area contributed by atoms with Crippen molar-refractivity contribution >= 4 is 40.1 Å². The van der Waals surface area contributed by atoms with E-state index < -0.39 is 36.4 Å². The van der Waals surface area contributed by atoms with Crippen LogP contribution in [-0.4, -0.2) is 75.1 Å². The van der Waals surface area contributed by atoms with Crippen molar-refractivity contribution in [3.63, 3.8) is 0 Å². The van der Waals surface area contributed by atoms with Crippen LogP contribution in [0.5, 0.6) is 5.75 Å². The fourth-order valence-corrected chi connectivity index (χ4v) is 5.05. The molecule has 0 saturated heterocycles. The zero-order valence-corrected chi connectivity index (χ0v) is 27.2. The minimum absolute atomic E-state index is 0.750. The minimum atomic E-state index is -2.74. The summed E-state index contributed by atoms with van der Waals surface area (Å²) in [5.41, 5.74) is 1.49. The Bertz CT molecular complexity index is 1370. The monoisotopic (exact) mass is 653 g/mol. The van der Waals surface area contributed by atoms with Crippen LogP contribution in [0.4, 0.5) is 0 Å². The van der Waals surface area contributed by atoms with Crippen LogP contribution < -0.4 is 4.74 Å². The van der Waals surface area contributed by atoms with E-state index in [1.807, 2.05) is 60.7 Å². The summed E-state index contributed by atoms with van der Waals surface area (Å²) in [5.74, 6) is -4.11. The Morgan fingerprint density at radius 1 is 0.696 bits per heavy atom. The number of carbonyl (C=O) groups is 3. The second kappa shape index (κ2) is 20.0. The molecular weight excluding hydrogens is 610 g/mol. The van der Waals surface area contributed by atoms with Crippen LogP contribution in [0.15, 0.2) is 84.9 Å². The molecule has 0 bridgehead atoms. The number of nitrogens with zero attached hydrogens (tertiary/aromatic N) is 1. The third kappa shape index (κ3) is 13.0. The van der Waals surface area contributed by atoms with Gasteiger partial charge in [0.05, 0.1) is 24.5 Å². The van der Waals surface area contributed by atoms with Gasteiger partial charge < -0.3 is 30.1 Å². The molecule has 3 aromatic rings. The number of hydrogen-bond acceptors (Lipinski definition) is 6. The third-order valence-corrected chi connectivity index (χ3v) is 7.68. The Morgan fingerprint density at radius 3 is 1.65 bits per heavy atom. The van der Waals surface area contributed by atoms with Gasteiger partial charge in [0.2, 0.25) is 0 Å². The molecule has 4 N–H and O–H groups in total. The second-order valence-corrected chi connectivity index (χ2v) is 11.1. The van der Waals surface area contributed by atoms with Gasteiger partial charge in [-0.15, -0.1) is 0 Å². The van der Waals surface area contributed by atoms with Gasteiger partial charge >= 0.3 is 17.9 Å². The molecule has 3 aromatic carbocycles. The highest BCUT2D eigenvalue weighted by Gasteiger charge is 2.40. The molecule has 46 heavy (non-hydrogen) atoms. The molecule has 0 saturated carbocycles. The predicted molar refractivity (Wildman–Crippen MR) is 180 cm³/mol. The van der Waals surface area contributed by atoms with Gasteiger partial charge in [-0.25, -0.2) is 4.79 Å². The van der Waals surface area contributed by atoms with E-state index in [-0.39, 0.29) is 0 Å². The molecule has 0 spiro atoms. The molecule has 0 aromatic heterocycles. The van der Waals surface area contributed by atoms with Crippen molar-refractivity contribution in [3.8, 4) is 5.75 Å². The molecule has 0 aliphatic rings. The Labute approximate surface area is 275 Å². The molecule has 0 aliphatic heterocycles. The quantitative estimate of drug-likeness (QED) is 0.0853. The fraction of sp³-hybridized carbons (Fsp3) is 0.361. The van der Waals surface area contributed by atoms with E-state index in [1.54, 1.807) is 0 Å². The molecule has 3 rings (SSSR count). The number of rotatable bonds is 18. The largest absolute Gasteiger partial charge is 0.494 e. The molecule has 0 aliphatic carbocycles. The highest BCUT2D eigenvalue weighted by molar-refractivity contribution is 6.53. The van der Waals surface area contributed by atoms with E-state index in [0.717, 1.165) is 59.2 Å². The van der Waals surface area contributed by atoms with Gasteiger partial charge in [-0.2, -0.15) is 0 Å². The summed E-state index contributed by atoms with van der Waals surface area (Å²) in [6.45, 7) is 8.73. The van der Waals surface area contributed by atoms with Crippen LogP contribution >= 0.6 is 11.6 Å². The van der Waals surface area contributed by atoms with Crippen molar-refractivity contribution < 1.29 is 39.5 Å². The first kappa shape index (κ1) is 38.0. The summed E-state index contributed by atoms with van der Waals surface area (Å²) in [6, 6.07) is 28.8. The van der Waals surface area contributed by atoms with Gasteiger partial charge in [0, 0.05) is 5.57 Å². The second-order valence-electron chi connectivity index (χ2n) is 10.7. The van der Waals surface area contributed by atoms with Gasteiger partial charge in [-0.05, 0) is 61.3 Å². The third-order valence-electron chi connectivity index (χ3n) is 7.27. The smallest absolute Gasteiger partial charge is 0.336 e. The summed E-state index contributed by atoms with van der Waals surface area (Å²) < 4.78 is 6.00. The molecule has 0 amide bonds. The van der Waals surface area contributed by atoms with E-state index in [1.165, 1.54) is 25.8 Å². The zero-order chi connectivity index (χ0) is 34.0. The maximum absolute atomic E-state index is 10.3. The topological polar surface area (TPSA) is 145 Å². The number of hydrogen-bond donors (Lipinski definition) is 4. The number of aliphatic hydroxyl groups is 1. The van der Waals surface area contributed by atoms with E-state index in [2.05, 4.69) is 43.0 Å². The average Bonchev–Trinajstić information content (AvgIpc) is 3.03. The van der Waals surface area contributed by atoms with Crippen LogP contribution in [0.25, 0.3) is 10.6 Å². The summed E-state index contributed by atoms with van der Waals surface area (Å²) >= 11 is 6.91. The molecule has 248 valence electrons. The first-order valence-electron chi connectivity index (χ1n) is 15.4. The van der Waals surface area contributed by atoms with Gasteiger partial charge in [-0.1, -0.05) is 111 Å². The maximum Gasteiger partial charge on any atom is 0.336 e. The number of carboxylic acids is 3. The standard InChI is InChI=1S/C30H36ClNO.C6H8O7/c1-3-32(4-2)23-13-5-6-14-24-33-28-21-19-26(20-22-28)29(25-15-9-7-10-16-25)30(31)27-17-11-8-12-18-27;7-3(8)1-6(13,5(11)12)2-4(9)10/h7-12,15-22H,3-6,13-14,23-24H2,1-2H3;13H,1-2H2,(H,7,8)(H,9,10)(H,11,12)/b30-29+;. The Morgan fingerprint density at radius 2 is 1.17 bits per heavy atom. The van der Waals surface area contributed by atoms with E-state index in [4.69, 9.17) is 36.8 Å². The number of benzene rings is 3. The highest BCUT2D eigenvalue weighted by atomic mass is 35.5. The first-order valence-corrected chi connectivity index (χ1v) is 15.7. The lowest BCUT2D eigenvalue weighted by molar-refractivity contribution is -0.170. The average molecular weight is 654 g/mol. The van der Waals surface area contributed by atoms with Crippen molar-refractivity contribution in [2.24, 2.45) is 0 Å². The van der Waals surface area contributed by atoms with Gasteiger partial charge in [0.15, 0.2) is 5.60 Å². The van der Waals surface area contributed by atoms with Crippen LogP contribution in [-0.2, 0) is 14.4 Å². The number of ether oxygens (including phenoxy) is 1. The van der Waals surface area contributed by atoms with Crippen molar-refractivity contribution in [1.29, 1.82) is 0 Å². The van der Waals surface area contributed by atoms with Crippen molar-refractivity contribution in [2.45, 2.75) is 58.0 Å². The number of aliphatic carboxylic acids is 3. The fourth-order valence-electron chi connectivity index (χ4n) is 4.71. The lowest BCUT2D eigenvalue weighted by Gasteiger charge is -2.18. The van der Waals surface area contributed by atoms with E-state index >= 15 is 0 Å². The lowest BCUT2D eigenvalue weighted by Crippen LogP contribution is -2.42. The van der Waals surface area contributed by atoms with Gasteiger partial charge in [-0.3, -0.25) is 9.59 Å². The van der Waals surface area contributed by atoms with Crippen molar-refractivity contribution in [3.05, 3.63) is 102 Å². The minimum Gasteiger partial charge on any atom is -0.494 e. The van der Waals surface area contributed by atoms with E-state index in [0.29, 0.717) is 0 Å². The summed E-state index contributed by atoms with van der Waals surface area (Å²) in [5, 5.41) is 34.6. The molecule has 0 radical (unpaired) electrons. The molecule has 10 heteroatoms. The molecular formula is C36H44ClNO8. The first-order chi connectivity index (χ1) is 22.0. The SMILES string of the molecule is CCN(CC)CCCCCCOc1ccc(/C(=C(/Cl)c2ccccc2)c2ccccc2)cc1.O=C(O)CC(O)(CC(=O)O)C(=O)O. The lowest BCUT2D eigenvalue weighted by atomic mass is 9.95. The Kier molecular flexibility index (Phi) is 16.6. The summed E-state index contributed by atoms with van der Waals surface area (Å²) in [4.78, 5) is 33.0. The molecule has 0 heterocycles. The van der Waals surface area contributed by atoms with Crippen LogP contribution in [0, 0.1) is 0 Å². The van der Waals surface area contributed by atoms with Crippen molar-refractivity contribution in [1.82, 2.24) is 4.90 Å². The zero-order valence-electron chi connectivity index (χ0n) is 26.4. The Balaban J connectivity index is 0.000000479. The van der Waals surface area contributed by atoms with Gasteiger partial charge in [0.1, 0.15) is 5.75 Å². The summed E-state index contributed by atoms with van der Waals surface area (Å²) in [6.07, 6.45) is 2.56. The normalized spacial score (nSPS) is 11.7. The maximum atomic E-state index is 10.3. The van der Waals surface area contributed by atoms with Crippen LogP contribution in [0.3, 0.4) is 0 Å². The number of halogens is 1. The van der Waals surface area contributed by atoms with Crippen LogP contribution in [0.2, 0.25) is 0 Å². The number of carboxylic acid groups (broad SMARTS) is 3. The summed E-state index contributed by atoms with van der Waals surface area (Å²) in [7, 11) is 0. The molecule has 0 atom stereocenters. The van der Waals surface area contributed by atoms with Crippen molar-refractivity contribution in [2.75, 3.05) is 26.2 Å². The predicted octanol–water partition coefficient (Wildman–Crippen LogP) is 6.87.